The zero-order valence-corrected chi connectivity index (χ0v) is 12.4. The topological polar surface area (TPSA) is 43.2 Å². The van der Waals surface area contributed by atoms with E-state index in [2.05, 4.69) is 41.0 Å². The fraction of sp³-hybridized carbons (Fsp3) is 0.467. The van der Waals surface area contributed by atoms with E-state index in [9.17, 15) is 0 Å². The highest BCUT2D eigenvalue weighted by Crippen LogP contribution is 2.29. The first-order chi connectivity index (χ1) is 9.78. The van der Waals surface area contributed by atoms with Gasteiger partial charge in [0, 0.05) is 26.2 Å². The predicted molar refractivity (Wildman–Crippen MR) is 81.7 cm³/mol. The second-order valence-corrected chi connectivity index (χ2v) is 6.23. The van der Waals surface area contributed by atoms with Crippen molar-refractivity contribution in [3.05, 3.63) is 29.3 Å². The maximum Gasteiger partial charge on any atom is 0.111 e. The molecule has 1 atom stereocenters. The number of aromatic nitrogens is 1. The molecule has 2 aromatic rings. The minimum Gasteiger partial charge on any atom is -0.292 e. The number of benzene rings is 1. The predicted octanol–water partition coefficient (Wildman–Crippen LogP) is 2.50. The molecule has 0 spiro atoms. The number of nitrogens with zero attached hydrogens (tertiary/aromatic N) is 4. The zero-order chi connectivity index (χ0) is 13.9. The van der Waals surface area contributed by atoms with Gasteiger partial charge < -0.3 is 0 Å². The third-order valence-electron chi connectivity index (χ3n) is 3.92. The van der Waals surface area contributed by atoms with Gasteiger partial charge in [0.25, 0.3) is 0 Å². The highest BCUT2D eigenvalue weighted by Gasteiger charge is 2.23. The van der Waals surface area contributed by atoms with E-state index in [-0.39, 0.29) is 0 Å². The number of para-hydroxylation sites is 1. The maximum atomic E-state index is 8.74. The SMILES string of the molecule is C[C@@H](c1nc2ccccc2s1)N1CCN(CC#N)CC1. The molecule has 0 radical (unpaired) electrons. The molecule has 2 heterocycles. The van der Waals surface area contributed by atoms with Crippen molar-refractivity contribution in [2.75, 3.05) is 32.7 Å². The van der Waals surface area contributed by atoms with Gasteiger partial charge in [0.05, 0.1) is 28.9 Å². The summed E-state index contributed by atoms with van der Waals surface area (Å²) in [4.78, 5) is 9.43. The Kier molecular flexibility index (Phi) is 3.97. The molecule has 20 heavy (non-hydrogen) atoms. The molecule has 4 nitrogen and oxygen atoms in total. The fourth-order valence-corrected chi connectivity index (χ4v) is 3.69. The third-order valence-corrected chi connectivity index (χ3v) is 5.12. The van der Waals surface area contributed by atoms with Gasteiger partial charge in [0.1, 0.15) is 5.01 Å². The van der Waals surface area contributed by atoms with Gasteiger partial charge in [0.2, 0.25) is 0 Å². The van der Waals surface area contributed by atoms with Crippen LogP contribution < -0.4 is 0 Å². The summed E-state index contributed by atoms with van der Waals surface area (Å²) >= 11 is 1.79. The summed E-state index contributed by atoms with van der Waals surface area (Å²) in [5, 5.41) is 9.93. The van der Waals surface area contributed by atoms with Crippen LogP contribution in [-0.4, -0.2) is 47.5 Å². The zero-order valence-electron chi connectivity index (χ0n) is 11.6. The Morgan fingerprint density at radius 2 is 2.05 bits per heavy atom. The van der Waals surface area contributed by atoms with Crippen LogP contribution in [0.4, 0.5) is 0 Å². The number of hydrogen-bond acceptors (Lipinski definition) is 5. The first-order valence-electron chi connectivity index (χ1n) is 6.97. The fourth-order valence-electron chi connectivity index (χ4n) is 2.63. The quantitative estimate of drug-likeness (QED) is 0.813. The van der Waals surface area contributed by atoms with Crippen LogP contribution in [0.3, 0.4) is 0 Å². The molecular weight excluding hydrogens is 268 g/mol. The van der Waals surface area contributed by atoms with Crippen LogP contribution in [0.5, 0.6) is 0 Å². The van der Waals surface area contributed by atoms with Crippen LogP contribution in [0.25, 0.3) is 10.2 Å². The summed E-state index contributed by atoms with van der Waals surface area (Å²) in [5.74, 6) is 0. The summed E-state index contributed by atoms with van der Waals surface area (Å²) in [6.07, 6.45) is 0. The number of hydrogen-bond donors (Lipinski definition) is 0. The highest BCUT2D eigenvalue weighted by atomic mass is 32.1. The molecule has 1 aromatic carbocycles. The smallest absolute Gasteiger partial charge is 0.111 e. The largest absolute Gasteiger partial charge is 0.292 e. The number of thiazole rings is 1. The van der Waals surface area contributed by atoms with Gasteiger partial charge in [-0.25, -0.2) is 4.98 Å². The van der Waals surface area contributed by atoms with Crippen molar-refractivity contribution < 1.29 is 0 Å². The van der Waals surface area contributed by atoms with Crippen LogP contribution in [0.1, 0.15) is 18.0 Å². The molecule has 3 rings (SSSR count). The summed E-state index contributed by atoms with van der Waals surface area (Å²) in [6.45, 7) is 6.75. The molecular formula is C15H18N4S. The molecule has 0 aliphatic carbocycles. The van der Waals surface area contributed by atoms with Gasteiger partial charge >= 0.3 is 0 Å². The van der Waals surface area contributed by atoms with Crippen LogP contribution in [0.2, 0.25) is 0 Å². The minimum atomic E-state index is 0.358. The molecule has 0 unspecified atom stereocenters. The summed E-state index contributed by atoms with van der Waals surface area (Å²) < 4.78 is 1.26. The van der Waals surface area contributed by atoms with E-state index >= 15 is 0 Å². The highest BCUT2D eigenvalue weighted by molar-refractivity contribution is 7.18. The first kappa shape index (κ1) is 13.5. The number of rotatable bonds is 3. The number of piperazine rings is 1. The summed E-state index contributed by atoms with van der Waals surface area (Å²) in [6, 6.07) is 10.9. The van der Waals surface area contributed by atoms with E-state index in [0.717, 1.165) is 31.7 Å². The molecule has 104 valence electrons. The van der Waals surface area contributed by atoms with Gasteiger partial charge in [-0.3, -0.25) is 9.80 Å². The Morgan fingerprint density at radius 3 is 2.75 bits per heavy atom. The molecule has 1 aliphatic rings. The van der Waals surface area contributed by atoms with Gasteiger partial charge in [-0.1, -0.05) is 12.1 Å². The Bertz CT molecular complexity index is 589. The second kappa shape index (κ2) is 5.88. The summed E-state index contributed by atoms with van der Waals surface area (Å²) in [7, 11) is 0. The molecule has 1 aromatic heterocycles. The van der Waals surface area contributed by atoms with Gasteiger partial charge in [-0.2, -0.15) is 5.26 Å². The van der Waals surface area contributed by atoms with E-state index in [1.54, 1.807) is 11.3 Å². The van der Waals surface area contributed by atoms with Gasteiger partial charge in [-0.15, -0.1) is 11.3 Å². The molecule has 0 N–H and O–H groups in total. The minimum absolute atomic E-state index is 0.358. The second-order valence-electron chi connectivity index (χ2n) is 5.17. The molecule has 0 saturated carbocycles. The molecule has 1 aliphatic heterocycles. The summed E-state index contributed by atoms with van der Waals surface area (Å²) in [5.41, 5.74) is 1.10. The Morgan fingerprint density at radius 1 is 1.30 bits per heavy atom. The average molecular weight is 286 g/mol. The van der Waals surface area contributed by atoms with Gasteiger partial charge in [0.15, 0.2) is 0 Å². The van der Waals surface area contributed by atoms with Crippen molar-refractivity contribution in [2.45, 2.75) is 13.0 Å². The van der Waals surface area contributed by atoms with Crippen LogP contribution >= 0.6 is 11.3 Å². The first-order valence-corrected chi connectivity index (χ1v) is 7.78. The monoisotopic (exact) mass is 286 g/mol. The lowest BCUT2D eigenvalue weighted by molar-refractivity contribution is 0.111. The van der Waals surface area contributed by atoms with E-state index in [1.165, 1.54) is 9.71 Å². The molecule has 5 heteroatoms. The Balaban J connectivity index is 1.70. The third kappa shape index (κ3) is 2.68. The van der Waals surface area contributed by atoms with Crippen LogP contribution in [-0.2, 0) is 0 Å². The number of fused-ring (bicyclic) bond motifs is 1. The normalized spacial score (nSPS) is 19.0. The van der Waals surface area contributed by atoms with Crippen LogP contribution in [0.15, 0.2) is 24.3 Å². The van der Waals surface area contributed by atoms with E-state index in [1.807, 2.05) is 6.07 Å². The van der Waals surface area contributed by atoms with E-state index in [0.29, 0.717) is 12.6 Å². The molecule has 1 saturated heterocycles. The Labute approximate surface area is 123 Å². The van der Waals surface area contributed by atoms with Gasteiger partial charge in [-0.05, 0) is 19.1 Å². The lowest BCUT2D eigenvalue weighted by Crippen LogP contribution is -2.47. The lowest BCUT2D eigenvalue weighted by Gasteiger charge is -2.36. The van der Waals surface area contributed by atoms with Crippen molar-refractivity contribution in [3.63, 3.8) is 0 Å². The standard InChI is InChI=1S/C15H18N4S/c1-12(19-10-8-18(7-6-16)9-11-19)15-17-13-4-2-3-5-14(13)20-15/h2-5,12H,7-11H2,1H3/t12-/m0/s1. The number of nitriles is 1. The van der Waals surface area contributed by atoms with E-state index in [4.69, 9.17) is 10.2 Å². The maximum absolute atomic E-state index is 8.74. The van der Waals surface area contributed by atoms with Crippen molar-refractivity contribution in [2.24, 2.45) is 0 Å². The molecule has 0 amide bonds. The Hall–Kier alpha value is -1.48. The lowest BCUT2D eigenvalue weighted by atomic mass is 10.2. The van der Waals surface area contributed by atoms with Crippen molar-refractivity contribution in [1.29, 1.82) is 5.26 Å². The molecule has 1 fully saturated rings. The van der Waals surface area contributed by atoms with Crippen molar-refractivity contribution in [1.82, 2.24) is 14.8 Å². The van der Waals surface area contributed by atoms with E-state index < -0.39 is 0 Å². The van der Waals surface area contributed by atoms with Crippen molar-refractivity contribution >= 4 is 21.6 Å². The van der Waals surface area contributed by atoms with Crippen LogP contribution in [0, 0.1) is 11.3 Å². The van der Waals surface area contributed by atoms with Crippen molar-refractivity contribution in [3.8, 4) is 6.07 Å². The average Bonchev–Trinajstić information content (AvgIpc) is 2.91. The molecule has 0 bridgehead atoms.